The zero-order chi connectivity index (χ0) is 23.1. The lowest BCUT2D eigenvalue weighted by atomic mass is 10.1. The first-order valence-corrected chi connectivity index (χ1v) is 11.2. The lowest BCUT2D eigenvalue weighted by molar-refractivity contribution is -0.125. The number of ether oxygens (including phenoxy) is 2. The van der Waals surface area contributed by atoms with Gasteiger partial charge in [-0.3, -0.25) is 9.48 Å². The Hall–Kier alpha value is -3.06. The summed E-state index contributed by atoms with van der Waals surface area (Å²) in [7, 11) is 3.42. The number of halogens is 1. The molecule has 7 heteroatoms. The van der Waals surface area contributed by atoms with Crippen LogP contribution in [0, 0.1) is 6.92 Å². The Morgan fingerprint density at radius 2 is 1.97 bits per heavy atom. The number of benzene rings is 2. The van der Waals surface area contributed by atoms with Crippen LogP contribution >= 0.6 is 15.9 Å². The molecule has 0 fully saturated rings. The number of methoxy groups -OCH3 is 1. The van der Waals surface area contributed by atoms with Crippen LogP contribution < -0.4 is 9.47 Å². The van der Waals surface area contributed by atoms with Gasteiger partial charge in [0.2, 0.25) is 5.91 Å². The molecule has 0 aliphatic rings. The van der Waals surface area contributed by atoms with Gasteiger partial charge in [-0.05, 0) is 65.7 Å². The maximum absolute atomic E-state index is 12.6. The first-order chi connectivity index (χ1) is 15.4. The summed E-state index contributed by atoms with van der Waals surface area (Å²) in [6.45, 7) is 5.65. The molecule has 0 bridgehead atoms. The van der Waals surface area contributed by atoms with Crippen molar-refractivity contribution < 1.29 is 14.3 Å². The van der Waals surface area contributed by atoms with Gasteiger partial charge >= 0.3 is 0 Å². The Morgan fingerprint density at radius 1 is 1.22 bits per heavy atom. The summed E-state index contributed by atoms with van der Waals surface area (Å²) in [5.41, 5.74) is 3.96. The summed E-state index contributed by atoms with van der Waals surface area (Å²) in [5.74, 6) is 1.46. The van der Waals surface area contributed by atoms with E-state index in [1.807, 2.05) is 61.0 Å². The van der Waals surface area contributed by atoms with Crippen LogP contribution in [0.25, 0.3) is 6.08 Å². The quantitative estimate of drug-likeness (QED) is 0.379. The minimum atomic E-state index is -0.0889. The monoisotopic (exact) mass is 497 g/mol. The van der Waals surface area contributed by atoms with Crippen LogP contribution in [-0.2, 0) is 24.5 Å². The number of carbonyl (C=O) groups is 1. The van der Waals surface area contributed by atoms with Crippen molar-refractivity contribution in [1.29, 1.82) is 0 Å². The summed E-state index contributed by atoms with van der Waals surface area (Å²) < 4.78 is 14.2. The molecule has 0 aliphatic carbocycles. The average Bonchev–Trinajstić information content (AvgIpc) is 3.16. The van der Waals surface area contributed by atoms with Gasteiger partial charge in [0.25, 0.3) is 0 Å². The third kappa shape index (κ3) is 6.01. The molecule has 6 nitrogen and oxygen atoms in total. The first-order valence-electron chi connectivity index (χ1n) is 10.4. The van der Waals surface area contributed by atoms with Crippen molar-refractivity contribution >= 4 is 27.9 Å². The van der Waals surface area contributed by atoms with Crippen molar-refractivity contribution in [1.82, 2.24) is 14.7 Å². The van der Waals surface area contributed by atoms with Crippen LogP contribution in [0.3, 0.4) is 0 Å². The molecule has 0 unspecified atom stereocenters. The molecule has 168 valence electrons. The van der Waals surface area contributed by atoms with Gasteiger partial charge < -0.3 is 14.4 Å². The van der Waals surface area contributed by atoms with Gasteiger partial charge in [0, 0.05) is 25.2 Å². The largest absolute Gasteiger partial charge is 0.496 e. The van der Waals surface area contributed by atoms with E-state index in [4.69, 9.17) is 9.47 Å². The second-order valence-corrected chi connectivity index (χ2v) is 8.31. The first kappa shape index (κ1) is 23.6. The molecular formula is C25H28BrN3O3. The molecule has 2 aromatic carbocycles. The fourth-order valence-corrected chi connectivity index (χ4v) is 3.65. The van der Waals surface area contributed by atoms with Gasteiger partial charge in [-0.25, -0.2) is 0 Å². The molecule has 32 heavy (non-hydrogen) atoms. The Labute approximate surface area is 197 Å². The molecule has 0 spiro atoms. The van der Waals surface area contributed by atoms with Crippen molar-refractivity contribution in [3.8, 4) is 11.5 Å². The summed E-state index contributed by atoms with van der Waals surface area (Å²) in [6.07, 6.45) is 5.14. The van der Waals surface area contributed by atoms with E-state index < -0.39 is 0 Å². The lowest BCUT2D eigenvalue weighted by Gasteiger charge is -2.16. The number of likely N-dealkylation sites (N-methyl/N-ethyl adjacent to an activating group) is 1. The van der Waals surface area contributed by atoms with Gasteiger partial charge in [-0.1, -0.05) is 23.8 Å². The SMILES string of the molecule is CCn1ncc(Br)c1CN(C)C(=O)/C=C/c1ccc(OC)c(COc2ccc(C)cc2)c1. The Balaban J connectivity index is 1.67. The van der Waals surface area contributed by atoms with Crippen molar-refractivity contribution in [3.63, 3.8) is 0 Å². The smallest absolute Gasteiger partial charge is 0.246 e. The fourth-order valence-electron chi connectivity index (χ4n) is 3.23. The molecule has 1 heterocycles. The Kier molecular flexibility index (Phi) is 8.11. The normalized spacial score (nSPS) is 11.0. The number of aromatic nitrogens is 2. The highest BCUT2D eigenvalue weighted by atomic mass is 79.9. The Morgan fingerprint density at radius 3 is 2.66 bits per heavy atom. The zero-order valence-electron chi connectivity index (χ0n) is 18.8. The zero-order valence-corrected chi connectivity index (χ0v) is 20.4. The van der Waals surface area contributed by atoms with E-state index in [1.54, 1.807) is 37.4 Å². The summed E-state index contributed by atoms with van der Waals surface area (Å²) >= 11 is 3.50. The maximum Gasteiger partial charge on any atom is 0.246 e. The van der Waals surface area contributed by atoms with E-state index >= 15 is 0 Å². The standard InChI is InChI=1S/C25H28BrN3O3/c1-5-29-23(22(26)15-27-29)16-28(3)25(30)13-9-19-8-12-24(31-4)20(14-19)17-32-21-10-6-18(2)7-11-21/h6-15H,5,16-17H2,1-4H3/b13-9+. The topological polar surface area (TPSA) is 56.6 Å². The second kappa shape index (κ2) is 11.0. The molecule has 1 amide bonds. The van der Waals surface area contributed by atoms with E-state index in [0.717, 1.165) is 39.3 Å². The minimum Gasteiger partial charge on any atom is -0.496 e. The molecule has 3 rings (SSSR count). The minimum absolute atomic E-state index is 0.0889. The molecule has 0 atom stereocenters. The molecule has 0 radical (unpaired) electrons. The summed E-state index contributed by atoms with van der Waals surface area (Å²) in [5, 5.41) is 4.30. The van der Waals surface area contributed by atoms with E-state index in [1.165, 1.54) is 5.56 Å². The van der Waals surface area contributed by atoms with Crippen LogP contribution in [0.2, 0.25) is 0 Å². The van der Waals surface area contributed by atoms with Gasteiger partial charge in [-0.2, -0.15) is 5.10 Å². The van der Waals surface area contributed by atoms with E-state index in [0.29, 0.717) is 13.2 Å². The number of hydrogen-bond acceptors (Lipinski definition) is 4. The van der Waals surface area contributed by atoms with Crippen LogP contribution in [0.15, 0.2) is 59.2 Å². The van der Waals surface area contributed by atoms with Crippen molar-refractivity contribution in [2.75, 3.05) is 14.2 Å². The third-order valence-corrected chi connectivity index (χ3v) is 5.76. The van der Waals surface area contributed by atoms with Crippen molar-refractivity contribution in [2.24, 2.45) is 0 Å². The molecule has 0 N–H and O–H groups in total. The predicted octanol–water partition coefficient (Wildman–Crippen LogP) is 5.23. The summed E-state index contributed by atoms with van der Waals surface area (Å²) in [4.78, 5) is 14.3. The highest BCUT2D eigenvalue weighted by Crippen LogP contribution is 2.23. The number of hydrogen-bond donors (Lipinski definition) is 0. The van der Waals surface area contributed by atoms with E-state index in [9.17, 15) is 4.79 Å². The highest BCUT2D eigenvalue weighted by Gasteiger charge is 2.13. The molecular weight excluding hydrogens is 470 g/mol. The van der Waals surface area contributed by atoms with Crippen molar-refractivity contribution in [3.05, 3.63) is 81.6 Å². The number of nitrogens with zero attached hydrogens (tertiary/aromatic N) is 3. The number of aryl methyl sites for hydroxylation is 2. The molecule has 0 saturated carbocycles. The van der Waals surface area contributed by atoms with Crippen molar-refractivity contribution in [2.45, 2.75) is 33.5 Å². The van der Waals surface area contributed by atoms with Gasteiger partial charge in [-0.15, -0.1) is 0 Å². The third-order valence-electron chi connectivity index (χ3n) is 5.10. The van der Waals surface area contributed by atoms with E-state index in [-0.39, 0.29) is 5.91 Å². The molecule has 0 saturated heterocycles. The van der Waals surface area contributed by atoms with Crippen LogP contribution in [-0.4, -0.2) is 34.7 Å². The van der Waals surface area contributed by atoms with Gasteiger partial charge in [0.1, 0.15) is 18.1 Å². The highest BCUT2D eigenvalue weighted by molar-refractivity contribution is 9.10. The lowest BCUT2D eigenvalue weighted by Crippen LogP contribution is -2.25. The second-order valence-electron chi connectivity index (χ2n) is 7.46. The van der Waals surface area contributed by atoms with Crippen LogP contribution in [0.1, 0.15) is 29.3 Å². The number of rotatable bonds is 9. The summed E-state index contributed by atoms with van der Waals surface area (Å²) in [6, 6.07) is 13.7. The van der Waals surface area contributed by atoms with Crippen LogP contribution in [0.4, 0.5) is 0 Å². The molecule has 3 aromatic rings. The van der Waals surface area contributed by atoms with Gasteiger partial charge in [0.15, 0.2) is 0 Å². The van der Waals surface area contributed by atoms with Crippen LogP contribution in [0.5, 0.6) is 11.5 Å². The molecule has 0 aliphatic heterocycles. The predicted molar refractivity (Wildman–Crippen MR) is 130 cm³/mol. The van der Waals surface area contributed by atoms with Gasteiger partial charge in [0.05, 0.1) is 30.0 Å². The maximum atomic E-state index is 12.6. The number of amides is 1. The average molecular weight is 498 g/mol. The fraction of sp³-hybridized carbons (Fsp3) is 0.280. The molecule has 1 aromatic heterocycles. The number of carbonyl (C=O) groups excluding carboxylic acids is 1. The van der Waals surface area contributed by atoms with E-state index in [2.05, 4.69) is 21.0 Å². The Bertz CT molecular complexity index is 1090.